The molecule has 1 aromatic carbocycles. The minimum absolute atomic E-state index is 0.00606. The highest BCUT2D eigenvalue weighted by molar-refractivity contribution is 5.79. The molecule has 4 heteroatoms. The Morgan fingerprint density at radius 1 is 1.36 bits per heavy atom. The summed E-state index contributed by atoms with van der Waals surface area (Å²) in [6.45, 7) is 0. The van der Waals surface area contributed by atoms with Crippen LogP contribution < -0.4 is 5.56 Å². The second kappa shape index (κ2) is 2.96. The molecule has 0 saturated heterocycles. The average Bonchev–Trinajstić information content (AvgIpc) is 2.23. The first-order chi connectivity index (χ1) is 6.74. The molecule has 3 nitrogen and oxygen atoms in total. The van der Waals surface area contributed by atoms with Crippen LogP contribution in [-0.4, -0.2) is 4.79 Å². The van der Waals surface area contributed by atoms with Gasteiger partial charge in [0.15, 0.2) is 0 Å². The smallest absolute Gasteiger partial charge is 0.265 e. The van der Waals surface area contributed by atoms with Crippen LogP contribution in [0.3, 0.4) is 0 Å². The summed E-state index contributed by atoms with van der Waals surface area (Å²) in [7, 11) is 0. The zero-order chi connectivity index (χ0) is 10.1. The van der Waals surface area contributed by atoms with E-state index >= 15 is 0 Å². The number of nitrogens with zero attached hydrogens (tertiary/aromatic N) is 2. The molecular formula is C10H5FN2O. The number of benzene rings is 1. The Kier molecular flexibility index (Phi) is 1.79. The van der Waals surface area contributed by atoms with E-state index in [0.717, 1.165) is 0 Å². The summed E-state index contributed by atoms with van der Waals surface area (Å²) in [6, 6.07) is 9.51. The van der Waals surface area contributed by atoms with Crippen LogP contribution in [0.15, 0.2) is 35.1 Å². The van der Waals surface area contributed by atoms with Crippen molar-refractivity contribution < 1.29 is 4.48 Å². The molecule has 0 aliphatic rings. The first-order valence-electron chi connectivity index (χ1n) is 3.95. The summed E-state index contributed by atoms with van der Waals surface area (Å²) in [5, 5.41) is 9.11. The molecule has 0 radical (unpaired) electrons. The summed E-state index contributed by atoms with van der Waals surface area (Å²) in [6.07, 6.45) is 0. The number of halogens is 1. The highest BCUT2D eigenvalue weighted by Crippen LogP contribution is 2.12. The fraction of sp³-hybridized carbons (Fsp3) is 0. The highest BCUT2D eigenvalue weighted by Gasteiger charge is 2.07. The molecule has 0 bridgehead atoms. The molecule has 0 aliphatic heterocycles. The number of para-hydroxylation sites is 1. The number of fused-ring (bicyclic) bond motifs is 1. The number of hydrogen-bond donors (Lipinski definition) is 0. The molecular weight excluding hydrogens is 183 g/mol. The molecule has 2 rings (SSSR count). The van der Waals surface area contributed by atoms with Crippen molar-refractivity contribution in [3.05, 3.63) is 46.2 Å². The molecule has 68 valence electrons. The highest BCUT2D eigenvalue weighted by atomic mass is 19.2. The molecule has 0 N–H and O–H groups in total. The fourth-order valence-electron chi connectivity index (χ4n) is 1.30. The van der Waals surface area contributed by atoms with Crippen molar-refractivity contribution >= 4 is 10.9 Å². The molecule has 0 fully saturated rings. The predicted molar refractivity (Wildman–Crippen MR) is 49.4 cm³/mol. The van der Waals surface area contributed by atoms with Crippen LogP contribution in [0, 0.1) is 11.3 Å². The average molecular weight is 188 g/mol. The zero-order valence-corrected chi connectivity index (χ0v) is 7.07. The van der Waals surface area contributed by atoms with E-state index in [1.807, 2.05) is 0 Å². The van der Waals surface area contributed by atoms with Gasteiger partial charge in [-0.15, -0.1) is 4.79 Å². The predicted octanol–water partition coefficient (Wildman–Crippen LogP) is 1.61. The van der Waals surface area contributed by atoms with E-state index in [4.69, 9.17) is 5.26 Å². The Morgan fingerprint density at radius 2 is 2.07 bits per heavy atom. The largest absolute Gasteiger partial charge is 0.296 e. The number of nitriles is 1. The molecule has 2 aromatic rings. The van der Waals surface area contributed by atoms with Crippen molar-refractivity contribution in [1.29, 1.82) is 5.26 Å². The van der Waals surface area contributed by atoms with Crippen LogP contribution in [0.25, 0.3) is 10.9 Å². The second-order valence-corrected chi connectivity index (χ2v) is 2.81. The maximum atomic E-state index is 13.3. The maximum Gasteiger partial charge on any atom is 0.296 e. The van der Waals surface area contributed by atoms with Crippen molar-refractivity contribution in [2.24, 2.45) is 0 Å². The molecule has 0 saturated carbocycles. The monoisotopic (exact) mass is 188 g/mol. The van der Waals surface area contributed by atoms with Crippen LogP contribution in [0.5, 0.6) is 0 Å². The van der Waals surface area contributed by atoms with Gasteiger partial charge in [-0.1, -0.05) is 22.7 Å². The summed E-state index contributed by atoms with van der Waals surface area (Å²) in [4.78, 5) is 11.2. The van der Waals surface area contributed by atoms with Crippen molar-refractivity contribution in [3.63, 3.8) is 0 Å². The lowest BCUT2D eigenvalue weighted by Crippen LogP contribution is -2.16. The Labute approximate surface area is 78.6 Å². The lowest BCUT2D eigenvalue weighted by Gasteiger charge is -2.00. The van der Waals surface area contributed by atoms with Gasteiger partial charge in [-0.05, 0) is 12.1 Å². The van der Waals surface area contributed by atoms with Crippen LogP contribution in [0.2, 0.25) is 0 Å². The van der Waals surface area contributed by atoms with E-state index in [1.165, 1.54) is 12.1 Å². The quantitative estimate of drug-likeness (QED) is 0.630. The van der Waals surface area contributed by atoms with E-state index in [0.29, 0.717) is 5.39 Å². The van der Waals surface area contributed by atoms with E-state index in [-0.39, 0.29) is 15.9 Å². The number of rotatable bonds is 0. The van der Waals surface area contributed by atoms with Crippen molar-refractivity contribution in [3.8, 4) is 6.07 Å². The van der Waals surface area contributed by atoms with Gasteiger partial charge in [0.2, 0.25) is 0 Å². The van der Waals surface area contributed by atoms with Crippen LogP contribution >= 0.6 is 0 Å². The lowest BCUT2D eigenvalue weighted by molar-refractivity contribution is 0.370. The van der Waals surface area contributed by atoms with Gasteiger partial charge in [0.25, 0.3) is 5.56 Å². The van der Waals surface area contributed by atoms with E-state index in [2.05, 4.69) is 0 Å². The third kappa shape index (κ3) is 1.07. The van der Waals surface area contributed by atoms with Crippen molar-refractivity contribution in [2.75, 3.05) is 0 Å². The van der Waals surface area contributed by atoms with Crippen LogP contribution in [0.1, 0.15) is 5.56 Å². The SMILES string of the molecule is N#Cc1cc2ccccc2n(F)c1=O. The molecule has 14 heavy (non-hydrogen) atoms. The first-order valence-corrected chi connectivity index (χ1v) is 3.95. The van der Waals surface area contributed by atoms with Gasteiger partial charge in [-0.2, -0.15) is 5.26 Å². The fourth-order valence-corrected chi connectivity index (χ4v) is 1.30. The minimum atomic E-state index is -0.911. The molecule has 0 amide bonds. The molecule has 1 aromatic heterocycles. The van der Waals surface area contributed by atoms with Crippen LogP contribution in [-0.2, 0) is 0 Å². The number of pyridine rings is 1. The topological polar surface area (TPSA) is 45.8 Å². The Balaban J connectivity index is 3.01. The van der Waals surface area contributed by atoms with E-state index < -0.39 is 5.56 Å². The van der Waals surface area contributed by atoms with Crippen LogP contribution in [0.4, 0.5) is 4.48 Å². The van der Waals surface area contributed by atoms with Gasteiger partial charge in [-0.25, -0.2) is 0 Å². The van der Waals surface area contributed by atoms with Gasteiger partial charge in [0.05, 0.1) is 5.52 Å². The van der Waals surface area contributed by atoms with Gasteiger partial charge < -0.3 is 0 Å². The number of hydrogen-bond acceptors (Lipinski definition) is 2. The summed E-state index contributed by atoms with van der Waals surface area (Å²) >= 11 is 0. The Bertz CT molecular complexity index is 595. The van der Waals surface area contributed by atoms with E-state index in [1.54, 1.807) is 24.3 Å². The summed E-state index contributed by atoms with van der Waals surface area (Å²) in [5.41, 5.74) is -0.922. The van der Waals surface area contributed by atoms with Gasteiger partial charge in [0, 0.05) is 5.39 Å². The Morgan fingerprint density at radius 3 is 2.79 bits per heavy atom. The molecule has 1 heterocycles. The third-order valence-corrected chi connectivity index (χ3v) is 1.98. The first kappa shape index (κ1) is 8.45. The molecule has 0 atom stereocenters. The molecule has 0 aliphatic carbocycles. The second-order valence-electron chi connectivity index (χ2n) is 2.81. The number of aromatic nitrogens is 1. The minimum Gasteiger partial charge on any atom is -0.265 e. The van der Waals surface area contributed by atoms with Crippen molar-refractivity contribution in [2.45, 2.75) is 0 Å². The molecule has 0 unspecified atom stereocenters. The standard InChI is InChI=1S/C10H5FN2O/c11-13-9-4-2-1-3-7(9)5-8(6-12)10(13)14/h1-5H. The maximum absolute atomic E-state index is 13.3. The van der Waals surface area contributed by atoms with Gasteiger partial charge >= 0.3 is 0 Å². The molecule has 0 spiro atoms. The zero-order valence-electron chi connectivity index (χ0n) is 7.07. The van der Waals surface area contributed by atoms with E-state index in [9.17, 15) is 9.28 Å². The van der Waals surface area contributed by atoms with Gasteiger partial charge in [0.1, 0.15) is 11.6 Å². The third-order valence-electron chi connectivity index (χ3n) is 1.98. The Hall–Kier alpha value is -2.15. The van der Waals surface area contributed by atoms with Crippen molar-refractivity contribution in [1.82, 2.24) is 4.79 Å². The van der Waals surface area contributed by atoms with Gasteiger partial charge in [-0.3, -0.25) is 4.79 Å². The summed E-state index contributed by atoms with van der Waals surface area (Å²) in [5.74, 6) is 0. The normalized spacial score (nSPS) is 10.0. The lowest BCUT2D eigenvalue weighted by atomic mass is 10.2. The summed E-state index contributed by atoms with van der Waals surface area (Å²) < 4.78 is 13.3.